The van der Waals surface area contributed by atoms with E-state index >= 15 is 0 Å². The third-order valence-electron chi connectivity index (χ3n) is 6.51. The summed E-state index contributed by atoms with van der Waals surface area (Å²) in [5.41, 5.74) is 6.06. The molecule has 1 aliphatic heterocycles. The second-order valence-electron chi connectivity index (χ2n) is 8.93. The van der Waals surface area contributed by atoms with E-state index in [4.69, 9.17) is 19.2 Å². The normalized spacial score (nSPS) is 15.8. The van der Waals surface area contributed by atoms with Gasteiger partial charge < -0.3 is 13.8 Å². The molecule has 1 saturated heterocycles. The van der Waals surface area contributed by atoms with E-state index < -0.39 is 0 Å². The molecule has 1 fully saturated rings. The minimum absolute atomic E-state index is 0.272. The van der Waals surface area contributed by atoms with Crippen molar-refractivity contribution in [2.45, 2.75) is 39.7 Å². The molecule has 0 spiro atoms. The first-order valence-electron chi connectivity index (χ1n) is 11.7. The number of hydrogen-bond donors (Lipinski definition) is 0. The molecule has 172 valence electrons. The van der Waals surface area contributed by atoms with Crippen LogP contribution in [0.25, 0.3) is 22.3 Å². The number of aromatic nitrogens is 4. The van der Waals surface area contributed by atoms with Crippen molar-refractivity contribution >= 4 is 11.2 Å². The maximum atomic E-state index is 5.52. The third-order valence-corrected chi connectivity index (χ3v) is 6.51. The first-order chi connectivity index (χ1) is 16.1. The van der Waals surface area contributed by atoms with Crippen molar-refractivity contribution in [3.8, 4) is 11.1 Å². The zero-order valence-electron chi connectivity index (χ0n) is 19.6. The molecule has 0 bridgehead atoms. The lowest BCUT2D eigenvalue weighted by Gasteiger charge is -2.27. The van der Waals surface area contributed by atoms with Crippen LogP contribution in [0.2, 0.25) is 0 Å². The number of ether oxygens (including phenoxy) is 1. The number of hydrogen-bond acceptors (Lipinski definition) is 6. The van der Waals surface area contributed by atoms with Gasteiger partial charge in [-0.1, -0.05) is 42.4 Å². The van der Waals surface area contributed by atoms with Crippen LogP contribution in [0.4, 0.5) is 0 Å². The highest BCUT2D eigenvalue weighted by molar-refractivity contribution is 5.80. The lowest BCUT2D eigenvalue weighted by atomic mass is 10.0. The molecule has 7 nitrogen and oxygen atoms in total. The van der Waals surface area contributed by atoms with Crippen LogP contribution in [0.1, 0.15) is 35.7 Å². The molecule has 0 saturated carbocycles. The smallest absolute Gasteiger partial charge is 0.160 e. The molecule has 7 heteroatoms. The van der Waals surface area contributed by atoms with Gasteiger partial charge in [-0.05, 0) is 31.9 Å². The molecule has 0 radical (unpaired) electrons. The summed E-state index contributed by atoms with van der Waals surface area (Å²) in [6.07, 6.45) is 2.87. The Morgan fingerprint density at radius 3 is 2.58 bits per heavy atom. The van der Waals surface area contributed by atoms with Crippen molar-refractivity contribution in [3.63, 3.8) is 0 Å². The van der Waals surface area contributed by atoms with Crippen molar-refractivity contribution in [3.05, 3.63) is 65.4 Å². The van der Waals surface area contributed by atoms with E-state index in [1.165, 1.54) is 5.56 Å². The van der Waals surface area contributed by atoms with E-state index in [-0.39, 0.29) is 5.92 Å². The van der Waals surface area contributed by atoms with Crippen LogP contribution in [0.15, 0.2) is 47.1 Å². The Morgan fingerprint density at radius 2 is 1.85 bits per heavy atom. The average molecular weight is 446 g/mol. The summed E-state index contributed by atoms with van der Waals surface area (Å²) in [6.45, 7) is 11.6. The van der Waals surface area contributed by atoms with Gasteiger partial charge in [-0.2, -0.15) is 0 Å². The van der Waals surface area contributed by atoms with E-state index in [1.807, 2.05) is 20.0 Å². The molecule has 1 atom stereocenters. The van der Waals surface area contributed by atoms with Gasteiger partial charge in [0.2, 0.25) is 0 Å². The minimum Gasteiger partial charge on any atom is -0.379 e. The largest absolute Gasteiger partial charge is 0.379 e. The van der Waals surface area contributed by atoms with Gasteiger partial charge in [0.05, 0.1) is 18.9 Å². The fraction of sp³-hybridized carbons (Fsp3) is 0.423. The van der Waals surface area contributed by atoms with Crippen LogP contribution in [-0.2, 0) is 17.7 Å². The van der Waals surface area contributed by atoms with Crippen molar-refractivity contribution in [2.24, 2.45) is 0 Å². The Labute approximate surface area is 194 Å². The summed E-state index contributed by atoms with van der Waals surface area (Å²) in [4.78, 5) is 12.4. The lowest BCUT2D eigenvalue weighted by molar-refractivity contribution is 0.0364. The van der Waals surface area contributed by atoms with Gasteiger partial charge in [0.1, 0.15) is 17.1 Å². The molecule has 3 aromatic heterocycles. The monoisotopic (exact) mass is 445 g/mol. The summed E-state index contributed by atoms with van der Waals surface area (Å²) in [6, 6.07) is 12.8. The van der Waals surface area contributed by atoms with E-state index in [2.05, 4.69) is 57.9 Å². The van der Waals surface area contributed by atoms with Gasteiger partial charge in [0.15, 0.2) is 5.65 Å². The Balaban J connectivity index is 1.50. The Hall–Kier alpha value is -3.03. The second kappa shape index (κ2) is 9.45. The number of rotatable bonds is 7. The molecule has 5 rings (SSSR count). The number of fused-ring (bicyclic) bond motifs is 1. The summed E-state index contributed by atoms with van der Waals surface area (Å²) in [7, 11) is 0. The summed E-state index contributed by atoms with van der Waals surface area (Å²) >= 11 is 0. The zero-order valence-corrected chi connectivity index (χ0v) is 19.6. The molecule has 4 heterocycles. The van der Waals surface area contributed by atoms with E-state index in [9.17, 15) is 0 Å². The van der Waals surface area contributed by atoms with Crippen LogP contribution in [0.5, 0.6) is 0 Å². The van der Waals surface area contributed by atoms with Gasteiger partial charge in [0.25, 0.3) is 0 Å². The van der Waals surface area contributed by atoms with E-state index in [1.54, 1.807) is 0 Å². The zero-order chi connectivity index (χ0) is 22.8. The molecular formula is C26H31N5O2. The predicted molar refractivity (Wildman–Crippen MR) is 128 cm³/mol. The number of pyridine rings is 1. The minimum atomic E-state index is 0.272. The fourth-order valence-electron chi connectivity index (χ4n) is 4.78. The first-order valence-corrected chi connectivity index (χ1v) is 11.7. The molecule has 0 amide bonds. The summed E-state index contributed by atoms with van der Waals surface area (Å²) < 4.78 is 13.2. The van der Waals surface area contributed by atoms with E-state index in [0.29, 0.717) is 0 Å². The average Bonchev–Trinajstić information content (AvgIpc) is 3.37. The van der Waals surface area contributed by atoms with Crippen LogP contribution >= 0.6 is 0 Å². The number of aryl methyl sites for hydroxylation is 2. The topological polar surface area (TPSA) is 69.2 Å². The van der Waals surface area contributed by atoms with Gasteiger partial charge in [-0.25, -0.2) is 9.97 Å². The van der Waals surface area contributed by atoms with Gasteiger partial charge >= 0.3 is 0 Å². The maximum absolute atomic E-state index is 5.52. The molecule has 0 aliphatic carbocycles. The molecule has 0 N–H and O–H groups in total. The quantitative estimate of drug-likeness (QED) is 0.420. The molecule has 33 heavy (non-hydrogen) atoms. The number of imidazole rings is 1. The Bertz CT molecular complexity index is 1200. The van der Waals surface area contributed by atoms with Gasteiger partial charge in [0, 0.05) is 49.4 Å². The third kappa shape index (κ3) is 4.56. The van der Waals surface area contributed by atoms with Crippen LogP contribution in [0, 0.1) is 13.8 Å². The number of benzene rings is 1. The Kier molecular flexibility index (Phi) is 6.24. The van der Waals surface area contributed by atoms with Crippen molar-refractivity contribution in [1.82, 2.24) is 24.6 Å². The molecule has 1 aromatic carbocycles. The second-order valence-corrected chi connectivity index (χ2v) is 8.93. The number of nitrogens with zero attached hydrogens (tertiary/aromatic N) is 5. The summed E-state index contributed by atoms with van der Waals surface area (Å²) in [5, 5.41) is 4.11. The van der Waals surface area contributed by atoms with Crippen molar-refractivity contribution < 1.29 is 9.26 Å². The highest BCUT2D eigenvalue weighted by Gasteiger charge is 2.21. The van der Waals surface area contributed by atoms with Gasteiger partial charge in [-0.3, -0.25) is 4.90 Å². The number of morpholine rings is 1. The van der Waals surface area contributed by atoms with E-state index in [0.717, 1.165) is 85.4 Å². The van der Waals surface area contributed by atoms with Crippen LogP contribution in [0.3, 0.4) is 0 Å². The Morgan fingerprint density at radius 1 is 1.06 bits per heavy atom. The van der Waals surface area contributed by atoms with Gasteiger partial charge in [-0.15, -0.1) is 0 Å². The SMILES string of the molecule is Cc1noc(C)c1-c1cnc2c(c1)nc(C(C)Cc1ccccc1)n2CCN1CCOCC1. The molecular weight excluding hydrogens is 414 g/mol. The fourth-order valence-corrected chi connectivity index (χ4v) is 4.78. The standard InChI is InChI=1S/C26H31N5O2/c1-18(15-21-7-5-4-6-8-21)25-28-23-16-22(24-19(2)29-33-20(24)3)17-27-26(23)31(25)10-9-30-11-13-32-14-12-30/h4-8,16-18H,9-15H2,1-3H3. The highest BCUT2D eigenvalue weighted by atomic mass is 16.5. The maximum Gasteiger partial charge on any atom is 0.160 e. The molecule has 1 aliphatic rings. The highest BCUT2D eigenvalue weighted by Crippen LogP contribution is 2.30. The first kappa shape index (κ1) is 21.8. The summed E-state index contributed by atoms with van der Waals surface area (Å²) in [5.74, 6) is 2.16. The molecule has 1 unspecified atom stereocenters. The van der Waals surface area contributed by atoms with Crippen LogP contribution < -0.4 is 0 Å². The van der Waals surface area contributed by atoms with Crippen molar-refractivity contribution in [1.29, 1.82) is 0 Å². The predicted octanol–water partition coefficient (Wildman–Crippen LogP) is 4.38. The van der Waals surface area contributed by atoms with Crippen molar-refractivity contribution in [2.75, 3.05) is 32.8 Å². The molecule has 4 aromatic rings. The lowest BCUT2D eigenvalue weighted by Crippen LogP contribution is -2.38. The van der Waals surface area contributed by atoms with Crippen LogP contribution in [-0.4, -0.2) is 57.4 Å².